The van der Waals surface area contributed by atoms with Crippen molar-refractivity contribution in [3.8, 4) is 11.5 Å². The third-order valence-corrected chi connectivity index (χ3v) is 8.25. The van der Waals surface area contributed by atoms with Crippen molar-refractivity contribution < 1.29 is 24.2 Å². The molecule has 6 nitrogen and oxygen atoms in total. The molecule has 2 aliphatic rings. The Kier molecular flexibility index (Phi) is 9.56. The van der Waals surface area contributed by atoms with E-state index in [1.165, 1.54) is 11.1 Å². The van der Waals surface area contributed by atoms with Gasteiger partial charge in [0.15, 0.2) is 11.5 Å². The zero-order valence-corrected chi connectivity index (χ0v) is 24.8. The van der Waals surface area contributed by atoms with Crippen LogP contribution in [-0.2, 0) is 16.0 Å². The van der Waals surface area contributed by atoms with Crippen LogP contribution in [-0.4, -0.2) is 39.4 Å². The van der Waals surface area contributed by atoms with Crippen molar-refractivity contribution in [2.75, 3.05) is 13.2 Å². The number of aryl methyl sites for hydroxylation is 1. The maximum atomic E-state index is 12.9. The summed E-state index contributed by atoms with van der Waals surface area (Å²) >= 11 is 6.35. The van der Waals surface area contributed by atoms with E-state index in [0.29, 0.717) is 28.6 Å². The Bertz CT molecular complexity index is 1560. The van der Waals surface area contributed by atoms with E-state index in [4.69, 9.17) is 21.7 Å². The molecule has 0 bridgehead atoms. The summed E-state index contributed by atoms with van der Waals surface area (Å²) in [6.45, 7) is 2.06. The van der Waals surface area contributed by atoms with E-state index in [9.17, 15) is 14.7 Å². The van der Waals surface area contributed by atoms with Crippen LogP contribution in [0.25, 0.3) is 6.08 Å². The van der Waals surface area contributed by atoms with Gasteiger partial charge in [0.1, 0.15) is 17.0 Å². The van der Waals surface area contributed by atoms with Crippen LogP contribution < -0.4 is 9.47 Å². The molecular weight excluding hydrogens is 567 g/mol. The van der Waals surface area contributed by atoms with Crippen molar-refractivity contribution in [1.29, 1.82) is 0 Å². The Morgan fingerprint density at radius 2 is 1.86 bits per heavy atom. The standard InChI is InChI=1S/C34H31NO5S2/c1-23-12-14-24(15-13-23)18-19-39-28-17-16-25(21-30-33(38)35(22-31(36)37)34(41)42-30)20-29(28)40-32(26-8-4-2-5-9-26)27-10-6-3-7-11-27/h2,4-6,8-17,20-21,32H,3,7,18-19,22H2,1H3,(H,36,37)/b30-21-. The van der Waals surface area contributed by atoms with Crippen LogP contribution in [0.4, 0.5) is 0 Å². The SMILES string of the molecule is Cc1ccc(CCOc2ccc(/C=C3\SC(=S)N(CC(=O)O)C3=O)cc2OC(C2=CCCC=C2)c2ccccc2)cc1. The number of thioether (sulfide) groups is 1. The second-order valence-electron chi connectivity index (χ2n) is 10.0. The Balaban J connectivity index is 1.45. The third kappa shape index (κ3) is 7.38. The molecule has 1 amide bonds. The average molecular weight is 598 g/mol. The predicted octanol–water partition coefficient (Wildman–Crippen LogP) is 7.30. The fourth-order valence-corrected chi connectivity index (χ4v) is 5.95. The molecular formula is C34H31NO5S2. The summed E-state index contributed by atoms with van der Waals surface area (Å²) in [5.74, 6) is -0.400. The highest BCUT2D eigenvalue weighted by atomic mass is 32.2. The van der Waals surface area contributed by atoms with Gasteiger partial charge in [0.05, 0.1) is 11.5 Å². The summed E-state index contributed by atoms with van der Waals surface area (Å²) < 4.78 is 13.2. The smallest absolute Gasteiger partial charge is 0.323 e. The quantitative estimate of drug-likeness (QED) is 0.184. The Labute approximate surface area is 255 Å². The monoisotopic (exact) mass is 597 g/mol. The van der Waals surface area contributed by atoms with E-state index in [1.54, 1.807) is 6.08 Å². The van der Waals surface area contributed by atoms with Crippen molar-refractivity contribution in [2.24, 2.45) is 0 Å². The van der Waals surface area contributed by atoms with E-state index in [-0.39, 0.29) is 10.4 Å². The lowest BCUT2D eigenvalue weighted by atomic mass is 9.96. The number of hydrogen-bond acceptors (Lipinski definition) is 6. The first-order valence-corrected chi connectivity index (χ1v) is 15.0. The molecule has 42 heavy (non-hydrogen) atoms. The minimum Gasteiger partial charge on any atom is -0.489 e. The molecule has 214 valence electrons. The van der Waals surface area contributed by atoms with Gasteiger partial charge in [0.2, 0.25) is 0 Å². The summed E-state index contributed by atoms with van der Waals surface area (Å²) in [5, 5.41) is 9.17. The van der Waals surface area contributed by atoms with Crippen molar-refractivity contribution >= 4 is 46.3 Å². The van der Waals surface area contributed by atoms with Crippen molar-refractivity contribution in [3.63, 3.8) is 0 Å². The van der Waals surface area contributed by atoms with Gasteiger partial charge in [-0.05, 0) is 60.2 Å². The predicted molar refractivity (Wildman–Crippen MR) is 171 cm³/mol. The molecule has 0 spiro atoms. The number of carbonyl (C=O) groups excluding carboxylic acids is 1. The molecule has 1 aliphatic carbocycles. The molecule has 0 radical (unpaired) electrons. The highest BCUT2D eigenvalue weighted by Crippen LogP contribution is 2.38. The van der Waals surface area contributed by atoms with E-state index < -0.39 is 18.4 Å². The maximum Gasteiger partial charge on any atom is 0.323 e. The van der Waals surface area contributed by atoms with Crippen LogP contribution in [0, 0.1) is 6.92 Å². The second-order valence-corrected chi connectivity index (χ2v) is 11.7. The van der Waals surface area contributed by atoms with Gasteiger partial charge >= 0.3 is 5.97 Å². The molecule has 1 atom stereocenters. The first-order valence-electron chi connectivity index (χ1n) is 13.7. The number of carbonyl (C=O) groups is 2. The number of hydrogen-bond donors (Lipinski definition) is 1. The number of carboxylic acids is 1. The van der Waals surface area contributed by atoms with Crippen LogP contribution in [0.5, 0.6) is 11.5 Å². The molecule has 0 saturated carbocycles. The Hall–Kier alpha value is -4.14. The third-order valence-electron chi connectivity index (χ3n) is 6.87. The molecule has 1 saturated heterocycles. The molecule has 5 rings (SSSR count). The first-order chi connectivity index (χ1) is 20.4. The maximum absolute atomic E-state index is 12.9. The van der Waals surface area contributed by atoms with Crippen LogP contribution in [0.15, 0.2) is 102 Å². The number of amides is 1. The zero-order chi connectivity index (χ0) is 29.5. The highest BCUT2D eigenvalue weighted by Gasteiger charge is 2.33. The number of thiocarbonyl (C=S) groups is 1. The fourth-order valence-electron chi connectivity index (χ4n) is 4.69. The Morgan fingerprint density at radius 3 is 2.57 bits per heavy atom. The molecule has 0 aromatic heterocycles. The van der Waals surface area contributed by atoms with Crippen molar-refractivity contribution in [1.82, 2.24) is 4.90 Å². The van der Waals surface area contributed by atoms with E-state index >= 15 is 0 Å². The summed E-state index contributed by atoms with van der Waals surface area (Å²) in [7, 11) is 0. The highest BCUT2D eigenvalue weighted by molar-refractivity contribution is 8.26. The van der Waals surface area contributed by atoms with Crippen LogP contribution >= 0.6 is 24.0 Å². The molecule has 3 aromatic rings. The number of benzene rings is 3. The second kappa shape index (κ2) is 13.7. The minimum absolute atomic E-state index is 0.223. The van der Waals surface area contributed by atoms with Gasteiger partial charge in [-0.2, -0.15) is 0 Å². The first kappa shape index (κ1) is 29.4. The van der Waals surface area contributed by atoms with E-state index in [1.807, 2.05) is 48.5 Å². The summed E-state index contributed by atoms with van der Waals surface area (Å²) in [6.07, 6.45) is 10.5. The number of allylic oxidation sites excluding steroid dienone is 2. The average Bonchev–Trinajstić information content (AvgIpc) is 3.25. The Morgan fingerprint density at radius 1 is 1.07 bits per heavy atom. The van der Waals surface area contributed by atoms with Crippen LogP contribution in [0.3, 0.4) is 0 Å². The molecule has 3 aromatic carbocycles. The van der Waals surface area contributed by atoms with Gasteiger partial charge in [-0.1, -0.05) is 108 Å². The van der Waals surface area contributed by atoms with Crippen LogP contribution in [0.1, 0.15) is 41.2 Å². The van der Waals surface area contributed by atoms with Gasteiger partial charge in [-0.25, -0.2) is 0 Å². The normalized spacial score (nSPS) is 16.5. The molecule has 1 heterocycles. The van der Waals surface area contributed by atoms with E-state index in [2.05, 4.69) is 49.4 Å². The number of carboxylic acid groups (broad SMARTS) is 1. The minimum atomic E-state index is -1.12. The van der Waals surface area contributed by atoms with Crippen molar-refractivity contribution in [3.05, 3.63) is 124 Å². The van der Waals surface area contributed by atoms with Gasteiger partial charge < -0.3 is 14.6 Å². The lowest BCUT2D eigenvalue weighted by Crippen LogP contribution is -2.33. The summed E-state index contributed by atoms with van der Waals surface area (Å²) in [4.78, 5) is 25.6. The number of rotatable bonds is 11. The fraction of sp³-hybridized carbons (Fsp3) is 0.206. The topological polar surface area (TPSA) is 76.1 Å². The van der Waals surface area contributed by atoms with Crippen LogP contribution in [0.2, 0.25) is 0 Å². The van der Waals surface area contributed by atoms with Gasteiger partial charge in [-0.3, -0.25) is 14.5 Å². The largest absolute Gasteiger partial charge is 0.489 e. The molecule has 1 unspecified atom stereocenters. The number of ether oxygens (including phenoxy) is 2. The number of aliphatic carboxylic acids is 1. The van der Waals surface area contributed by atoms with Crippen molar-refractivity contribution in [2.45, 2.75) is 32.3 Å². The van der Waals surface area contributed by atoms with Gasteiger partial charge in [-0.15, -0.1) is 0 Å². The van der Waals surface area contributed by atoms with E-state index in [0.717, 1.165) is 47.1 Å². The summed E-state index contributed by atoms with van der Waals surface area (Å²) in [6, 6.07) is 24.0. The van der Waals surface area contributed by atoms with Gasteiger partial charge in [0, 0.05) is 6.42 Å². The number of nitrogens with zero attached hydrogens (tertiary/aromatic N) is 1. The molecule has 1 N–H and O–H groups in total. The van der Waals surface area contributed by atoms with Gasteiger partial charge in [0.25, 0.3) is 5.91 Å². The lowest BCUT2D eigenvalue weighted by Gasteiger charge is -2.24. The lowest BCUT2D eigenvalue weighted by molar-refractivity contribution is -0.140. The zero-order valence-electron chi connectivity index (χ0n) is 23.2. The molecule has 8 heteroatoms. The molecule has 1 aliphatic heterocycles. The summed E-state index contributed by atoms with van der Waals surface area (Å²) in [5.41, 5.74) is 5.19. The molecule has 1 fully saturated rings.